The van der Waals surface area contributed by atoms with E-state index in [9.17, 15) is 4.79 Å². The van der Waals surface area contributed by atoms with Crippen molar-refractivity contribution >= 4 is 5.91 Å². The molecule has 0 aliphatic heterocycles. The highest BCUT2D eigenvalue weighted by molar-refractivity contribution is 5.76. The first-order valence-corrected chi connectivity index (χ1v) is 8.61. The molecular formula is C20H28N2O3. The molecule has 2 rings (SSSR count). The van der Waals surface area contributed by atoms with E-state index in [0.717, 1.165) is 22.8 Å². The summed E-state index contributed by atoms with van der Waals surface area (Å²) in [6.07, 6.45) is 0.927. The van der Waals surface area contributed by atoms with E-state index in [1.807, 2.05) is 38.1 Å². The molecule has 1 amide bonds. The van der Waals surface area contributed by atoms with Crippen LogP contribution in [0.5, 0.6) is 5.75 Å². The average Bonchev–Trinajstić information content (AvgIpc) is 2.94. The minimum absolute atomic E-state index is 0.00331. The number of aromatic nitrogens is 1. The number of methoxy groups -OCH3 is 1. The van der Waals surface area contributed by atoms with Gasteiger partial charge in [0.2, 0.25) is 5.91 Å². The summed E-state index contributed by atoms with van der Waals surface area (Å²) in [4.78, 5) is 16.7. The van der Waals surface area contributed by atoms with Crippen molar-refractivity contribution in [2.24, 2.45) is 0 Å². The molecule has 1 aromatic heterocycles. The first-order chi connectivity index (χ1) is 11.7. The zero-order chi connectivity index (χ0) is 18.6. The lowest BCUT2D eigenvalue weighted by atomic mass is 9.97. The van der Waals surface area contributed by atoms with Crippen LogP contribution in [0, 0.1) is 6.92 Å². The van der Waals surface area contributed by atoms with Gasteiger partial charge in [-0.1, -0.05) is 32.9 Å². The third kappa shape index (κ3) is 5.08. The molecule has 0 spiro atoms. The Morgan fingerprint density at radius 2 is 1.92 bits per heavy atom. The highest BCUT2D eigenvalue weighted by atomic mass is 16.5. The lowest BCUT2D eigenvalue weighted by molar-refractivity contribution is -0.121. The Hall–Kier alpha value is -2.30. The molecule has 0 aliphatic rings. The van der Waals surface area contributed by atoms with Gasteiger partial charge in [-0.25, -0.2) is 4.98 Å². The van der Waals surface area contributed by atoms with Crippen LogP contribution in [0.1, 0.15) is 63.1 Å². The number of rotatable bonds is 6. The van der Waals surface area contributed by atoms with E-state index in [1.54, 1.807) is 7.11 Å². The van der Waals surface area contributed by atoms with Gasteiger partial charge < -0.3 is 14.5 Å². The van der Waals surface area contributed by atoms with Crippen molar-refractivity contribution in [3.05, 3.63) is 47.2 Å². The second-order valence-corrected chi connectivity index (χ2v) is 7.34. The monoisotopic (exact) mass is 344 g/mol. The maximum atomic E-state index is 12.2. The molecule has 0 bridgehead atoms. The number of carbonyl (C=O) groups is 1. The molecule has 25 heavy (non-hydrogen) atoms. The van der Waals surface area contributed by atoms with E-state index in [2.05, 4.69) is 31.1 Å². The molecule has 1 heterocycles. The minimum atomic E-state index is -0.131. The maximum absolute atomic E-state index is 12.2. The van der Waals surface area contributed by atoms with E-state index in [-0.39, 0.29) is 17.4 Å². The van der Waals surface area contributed by atoms with Crippen molar-refractivity contribution < 1.29 is 13.9 Å². The summed E-state index contributed by atoms with van der Waals surface area (Å²) < 4.78 is 11.0. The van der Waals surface area contributed by atoms with E-state index in [0.29, 0.717) is 18.7 Å². The minimum Gasteiger partial charge on any atom is -0.497 e. The smallest absolute Gasteiger partial charge is 0.220 e. The molecule has 5 heteroatoms. The molecule has 1 aromatic carbocycles. The fraction of sp³-hybridized carbons (Fsp3) is 0.500. The molecule has 136 valence electrons. The van der Waals surface area contributed by atoms with Crippen molar-refractivity contribution in [2.75, 3.05) is 7.11 Å². The van der Waals surface area contributed by atoms with E-state index in [4.69, 9.17) is 9.15 Å². The van der Waals surface area contributed by atoms with Crippen LogP contribution >= 0.6 is 0 Å². The SMILES string of the molecule is COc1ccc(C(C)NC(=O)CCc2oc(C(C)(C)C)nc2C)cc1. The molecule has 2 aromatic rings. The van der Waals surface area contributed by atoms with E-state index in [1.165, 1.54) is 0 Å². The van der Waals surface area contributed by atoms with Gasteiger partial charge in [-0.15, -0.1) is 0 Å². The van der Waals surface area contributed by atoms with Crippen LogP contribution in [0.4, 0.5) is 0 Å². The van der Waals surface area contributed by atoms with Crippen LogP contribution in [0.2, 0.25) is 0 Å². The van der Waals surface area contributed by atoms with Crippen LogP contribution in [-0.4, -0.2) is 18.0 Å². The summed E-state index contributed by atoms with van der Waals surface area (Å²) in [6, 6.07) is 7.65. The Morgan fingerprint density at radius 3 is 2.44 bits per heavy atom. The van der Waals surface area contributed by atoms with Crippen LogP contribution < -0.4 is 10.1 Å². The standard InChI is InChI=1S/C20H28N2O3/c1-13(15-7-9-16(24-6)10-8-15)21-18(23)12-11-17-14(2)22-19(25-17)20(3,4)5/h7-10,13H,11-12H2,1-6H3,(H,21,23). The molecule has 0 saturated heterocycles. The number of nitrogens with one attached hydrogen (secondary N) is 1. The lowest BCUT2D eigenvalue weighted by Gasteiger charge is -2.14. The second-order valence-electron chi connectivity index (χ2n) is 7.34. The van der Waals surface area contributed by atoms with Crippen LogP contribution in [-0.2, 0) is 16.6 Å². The van der Waals surface area contributed by atoms with Gasteiger partial charge in [0.15, 0.2) is 5.89 Å². The molecule has 0 fully saturated rings. The molecule has 5 nitrogen and oxygen atoms in total. The van der Waals surface area contributed by atoms with E-state index >= 15 is 0 Å². The Morgan fingerprint density at radius 1 is 1.28 bits per heavy atom. The summed E-state index contributed by atoms with van der Waals surface area (Å²) >= 11 is 0. The van der Waals surface area contributed by atoms with Crippen LogP contribution in [0.3, 0.4) is 0 Å². The Balaban J connectivity index is 1.91. The number of oxazole rings is 1. The lowest BCUT2D eigenvalue weighted by Crippen LogP contribution is -2.26. The first kappa shape index (κ1) is 19.0. The number of benzene rings is 1. The number of carbonyl (C=O) groups excluding carboxylic acids is 1. The molecule has 1 atom stereocenters. The third-order valence-corrected chi connectivity index (χ3v) is 4.11. The zero-order valence-corrected chi connectivity index (χ0v) is 16.0. The fourth-order valence-electron chi connectivity index (χ4n) is 2.50. The van der Waals surface area contributed by atoms with Crippen molar-refractivity contribution in [3.8, 4) is 5.75 Å². The summed E-state index contributed by atoms with van der Waals surface area (Å²) in [6.45, 7) is 10.1. The molecule has 0 radical (unpaired) electrons. The predicted octanol–water partition coefficient (Wildman–Crippen LogP) is 4.10. The molecule has 0 saturated carbocycles. The van der Waals surface area contributed by atoms with Crippen molar-refractivity contribution in [3.63, 3.8) is 0 Å². The van der Waals surface area contributed by atoms with Crippen molar-refractivity contribution in [2.45, 2.75) is 58.9 Å². The Kier molecular flexibility index (Phi) is 5.88. The quantitative estimate of drug-likeness (QED) is 0.857. The normalized spacial score (nSPS) is 12.7. The third-order valence-electron chi connectivity index (χ3n) is 4.11. The van der Waals surface area contributed by atoms with Gasteiger partial charge in [-0.05, 0) is 31.5 Å². The van der Waals surface area contributed by atoms with Crippen LogP contribution in [0.15, 0.2) is 28.7 Å². The van der Waals surface area contributed by atoms with Gasteiger partial charge in [0, 0.05) is 18.3 Å². The summed E-state index contributed by atoms with van der Waals surface area (Å²) in [7, 11) is 1.64. The highest BCUT2D eigenvalue weighted by Gasteiger charge is 2.22. The fourth-order valence-corrected chi connectivity index (χ4v) is 2.50. The Labute approximate surface area is 149 Å². The predicted molar refractivity (Wildman–Crippen MR) is 97.8 cm³/mol. The second kappa shape index (κ2) is 7.72. The zero-order valence-electron chi connectivity index (χ0n) is 16.0. The maximum Gasteiger partial charge on any atom is 0.220 e. The van der Waals surface area contributed by atoms with Gasteiger partial charge in [-0.2, -0.15) is 0 Å². The highest BCUT2D eigenvalue weighted by Crippen LogP contribution is 2.24. The number of hydrogen-bond donors (Lipinski definition) is 1. The number of aryl methyl sites for hydroxylation is 2. The number of nitrogens with zero attached hydrogens (tertiary/aromatic N) is 1. The van der Waals surface area contributed by atoms with Gasteiger partial charge in [0.05, 0.1) is 18.8 Å². The van der Waals surface area contributed by atoms with Crippen LogP contribution in [0.25, 0.3) is 0 Å². The van der Waals surface area contributed by atoms with Gasteiger partial charge in [-0.3, -0.25) is 4.79 Å². The van der Waals surface area contributed by atoms with E-state index < -0.39 is 0 Å². The van der Waals surface area contributed by atoms with Crippen molar-refractivity contribution in [1.29, 1.82) is 0 Å². The molecule has 1 N–H and O–H groups in total. The molecule has 1 unspecified atom stereocenters. The molecule has 0 aliphatic carbocycles. The number of ether oxygens (including phenoxy) is 1. The van der Waals surface area contributed by atoms with Gasteiger partial charge in [0.1, 0.15) is 11.5 Å². The summed E-state index contributed by atoms with van der Waals surface area (Å²) in [5.74, 6) is 2.30. The van der Waals surface area contributed by atoms with Gasteiger partial charge in [0.25, 0.3) is 0 Å². The largest absolute Gasteiger partial charge is 0.497 e. The number of hydrogen-bond acceptors (Lipinski definition) is 4. The van der Waals surface area contributed by atoms with Crippen molar-refractivity contribution in [1.82, 2.24) is 10.3 Å². The average molecular weight is 344 g/mol. The summed E-state index contributed by atoms with van der Waals surface area (Å²) in [5, 5.41) is 3.02. The topological polar surface area (TPSA) is 64.4 Å². The first-order valence-electron chi connectivity index (χ1n) is 8.61. The molecular weight excluding hydrogens is 316 g/mol. The summed E-state index contributed by atoms with van der Waals surface area (Å²) in [5.41, 5.74) is 1.77. The van der Waals surface area contributed by atoms with Gasteiger partial charge >= 0.3 is 0 Å². The Bertz CT molecular complexity index is 712. The number of amides is 1.